The lowest BCUT2D eigenvalue weighted by molar-refractivity contribution is 0.0550. The van der Waals surface area contributed by atoms with Crippen LogP contribution in [0.2, 0.25) is 5.02 Å². The monoisotopic (exact) mass is 296 g/mol. The van der Waals surface area contributed by atoms with Crippen molar-refractivity contribution < 1.29 is 14.6 Å². The quantitative estimate of drug-likeness (QED) is 0.890. The van der Waals surface area contributed by atoms with E-state index in [4.69, 9.17) is 21.1 Å². The van der Waals surface area contributed by atoms with Crippen molar-refractivity contribution in [3.63, 3.8) is 0 Å². The zero-order valence-corrected chi connectivity index (χ0v) is 12.7. The van der Waals surface area contributed by atoms with Gasteiger partial charge in [-0.05, 0) is 54.7 Å². The first-order valence-corrected chi connectivity index (χ1v) is 7.69. The number of rotatable bonds is 2. The van der Waals surface area contributed by atoms with Crippen molar-refractivity contribution in [1.82, 2.24) is 0 Å². The molecule has 3 unspecified atom stereocenters. The normalized spacial score (nSPS) is 30.3. The van der Waals surface area contributed by atoms with Gasteiger partial charge in [0.05, 0.1) is 11.1 Å². The molecule has 1 heterocycles. The summed E-state index contributed by atoms with van der Waals surface area (Å²) in [6, 6.07) is 3.67. The van der Waals surface area contributed by atoms with Crippen LogP contribution in [-0.4, -0.2) is 11.9 Å². The Balaban J connectivity index is 1.83. The van der Waals surface area contributed by atoms with E-state index in [-0.39, 0.29) is 6.79 Å². The summed E-state index contributed by atoms with van der Waals surface area (Å²) in [5.74, 6) is 2.87. The number of benzene rings is 1. The Kier molecular flexibility index (Phi) is 3.83. The Labute approximate surface area is 124 Å². The molecule has 1 aromatic carbocycles. The molecule has 0 radical (unpaired) electrons. The van der Waals surface area contributed by atoms with Crippen LogP contribution in [0.5, 0.6) is 11.5 Å². The molecule has 0 spiro atoms. The van der Waals surface area contributed by atoms with Gasteiger partial charge in [0, 0.05) is 0 Å². The molecule has 1 aliphatic carbocycles. The highest BCUT2D eigenvalue weighted by atomic mass is 35.5. The summed E-state index contributed by atoms with van der Waals surface area (Å²) in [7, 11) is 0. The zero-order valence-electron chi connectivity index (χ0n) is 11.9. The van der Waals surface area contributed by atoms with Crippen LogP contribution in [0.25, 0.3) is 0 Å². The first-order valence-electron chi connectivity index (χ1n) is 7.31. The average Bonchev–Trinajstić information content (AvgIpc) is 2.85. The lowest BCUT2D eigenvalue weighted by Gasteiger charge is -2.34. The highest BCUT2D eigenvalue weighted by Crippen LogP contribution is 2.45. The molecule has 0 bridgehead atoms. The average molecular weight is 297 g/mol. The largest absolute Gasteiger partial charge is 0.454 e. The predicted molar refractivity (Wildman–Crippen MR) is 78.2 cm³/mol. The maximum atomic E-state index is 10.7. The van der Waals surface area contributed by atoms with Gasteiger partial charge in [0.2, 0.25) is 6.79 Å². The van der Waals surface area contributed by atoms with E-state index < -0.39 is 6.10 Å². The number of fused-ring (bicyclic) bond motifs is 1. The summed E-state index contributed by atoms with van der Waals surface area (Å²) >= 11 is 6.20. The molecule has 0 aromatic heterocycles. The molecule has 0 amide bonds. The fourth-order valence-electron chi connectivity index (χ4n) is 3.70. The Morgan fingerprint density at radius 3 is 2.55 bits per heavy atom. The summed E-state index contributed by atoms with van der Waals surface area (Å²) in [6.07, 6.45) is 2.91. The molecule has 3 rings (SSSR count). The number of halogens is 1. The number of aliphatic hydroxyl groups is 1. The number of ether oxygens (including phenoxy) is 2. The third-order valence-electron chi connectivity index (χ3n) is 4.45. The van der Waals surface area contributed by atoms with Gasteiger partial charge >= 0.3 is 0 Å². The fraction of sp³-hybridized carbons (Fsp3) is 0.625. The van der Waals surface area contributed by atoms with Crippen LogP contribution in [0, 0.1) is 17.8 Å². The van der Waals surface area contributed by atoms with E-state index in [1.54, 1.807) is 0 Å². The third kappa shape index (κ3) is 2.61. The molecular weight excluding hydrogens is 276 g/mol. The maximum Gasteiger partial charge on any atom is 0.231 e. The van der Waals surface area contributed by atoms with E-state index in [9.17, 15) is 5.11 Å². The first kappa shape index (κ1) is 14.0. The molecule has 20 heavy (non-hydrogen) atoms. The minimum atomic E-state index is -0.479. The Hall–Kier alpha value is -0.930. The van der Waals surface area contributed by atoms with Crippen LogP contribution in [-0.2, 0) is 0 Å². The topological polar surface area (TPSA) is 38.7 Å². The van der Waals surface area contributed by atoms with Gasteiger partial charge in [0.1, 0.15) is 0 Å². The smallest absolute Gasteiger partial charge is 0.231 e. The van der Waals surface area contributed by atoms with Crippen molar-refractivity contribution in [2.45, 2.75) is 39.2 Å². The van der Waals surface area contributed by atoms with Crippen LogP contribution in [0.3, 0.4) is 0 Å². The van der Waals surface area contributed by atoms with E-state index >= 15 is 0 Å². The van der Waals surface area contributed by atoms with E-state index in [0.717, 1.165) is 18.4 Å². The molecule has 2 aliphatic rings. The molecule has 0 saturated heterocycles. The van der Waals surface area contributed by atoms with Crippen molar-refractivity contribution in [3.05, 3.63) is 22.7 Å². The van der Waals surface area contributed by atoms with Gasteiger partial charge in [-0.1, -0.05) is 25.4 Å². The van der Waals surface area contributed by atoms with Crippen LogP contribution < -0.4 is 9.47 Å². The summed E-state index contributed by atoms with van der Waals surface area (Å²) in [6.45, 7) is 4.73. The molecule has 4 heteroatoms. The highest BCUT2D eigenvalue weighted by Gasteiger charge is 2.31. The molecule has 1 N–H and O–H groups in total. The van der Waals surface area contributed by atoms with Crippen LogP contribution in [0.4, 0.5) is 0 Å². The number of hydrogen-bond acceptors (Lipinski definition) is 3. The number of hydrogen-bond donors (Lipinski definition) is 1. The summed E-state index contributed by atoms with van der Waals surface area (Å²) in [5, 5.41) is 11.2. The van der Waals surface area contributed by atoms with Crippen molar-refractivity contribution in [2.24, 2.45) is 17.8 Å². The molecule has 3 nitrogen and oxygen atoms in total. The summed E-state index contributed by atoms with van der Waals surface area (Å²) < 4.78 is 10.7. The lowest BCUT2D eigenvalue weighted by Crippen LogP contribution is -2.24. The molecule has 110 valence electrons. The molecule has 1 aromatic rings. The molecule has 1 aliphatic heterocycles. The molecule has 3 atom stereocenters. The van der Waals surface area contributed by atoms with E-state index in [1.807, 2.05) is 12.1 Å². The van der Waals surface area contributed by atoms with Crippen LogP contribution in [0.1, 0.15) is 44.8 Å². The second-order valence-corrected chi connectivity index (χ2v) is 6.77. The summed E-state index contributed by atoms with van der Waals surface area (Å²) in [5.41, 5.74) is 0.838. The van der Waals surface area contributed by atoms with Crippen molar-refractivity contribution in [1.29, 1.82) is 0 Å². The molecule has 1 fully saturated rings. The molecular formula is C16H21ClO3. The second-order valence-electron chi connectivity index (χ2n) is 6.36. The fourth-order valence-corrected chi connectivity index (χ4v) is 3.97. The van der Waals surface area contributed by atoms with E-state index in [1.165, 1.54) is 6.42 Å². The van der Waals surface area contributed by atoms with Gasteiger partial charge in [-0.3, -0.25) is 0 Å². The minimum Gasteiger partial charge on any atom is -0.454 e. The zero-order chi connectivity index (χ0) is 14.3. The van der Waals surface area contributed by atoms with E-state index in [0.29, 0.717) is 34.3 Å². The second kappa shape index (κ2) is 5.45. The van der Waals surface area contributed by atoms with Gasteiger partial charge in [-0.25, -0.2) is 0 Å². The predicted octanol–water partition coefficient (Wildman–Crippen LogP) is 4.17. The standard InChI is InChI=1S/C16H21ClO3/c1-9-3-10(2)5-11(4-9)15(18)12-6-13(17)16-14(7-12)19-8-20-16/h6-7,9-11,15,18H,3-5,8H2,1-2H3. The molecule has 1 saturated carbocycles. The first-order chi connectivity index (χ1) is 9.54. The number of aliphatic hydroxyl groups excluding tert-OH is 1. The van der Waals surface area contributed by atoms with Crippen molar-refractivity contribution >= 4 is 11.6 Å². The van der Waals surface area contributed by atoms with E-state index in [2.05, 4.69) is 13.8 Å². The summed E-state index contributed by atoms with van der Waals surface area (Å²) in [4.78, 5) is 0. The Bertz CT molecular complexity index is 493. The van der Waals surface area contributed by atoms with Crippen molar-refractivity contribution in [2.75, 3.05) is 6.79 Å². The minimum absolute atomic E-state index is 0.200. The van der Waals surface area contributed by atoms with Gasteiger partial charge in [-0.15, -0.1) is 0 Å². The highest BCUT2D eigenvalue weighted by molar-refractivity contribution is 6.32. The third-order valence-corrected chi connectivity index (χ3v) is 4.73. The Morgan fingerprint density at radius 2 is 1.85 bits per heavy atom. The van der Waals surface area contributed by atoms with Crippen LogP contribution >= 0.6 is 11.6 Å². The Morgan fingerprint density at radius 1 is 1.15 bits per heavy atom. The van der Waals surface area contributed by atoms with Gasteiger partial charge in [0.15, 0.2) is 11.5 Å². The SMILES string of the molecule is CC1CC(C)CC(C(O)c2cc(Cl)c3c(c2)OCO3)C1. The van der Waals surface area contributed by atoms with Gasteiger partial charge in [0.25, 0.3) is 0 Å². The maximum absolute atomic E-state index is 10.7. The van der Waals surface area contributed by atoms with Crippen LogP contribution in [0.15, 0.2) is 12.1 Å². The van der Waals surface area contributed by atoms with Gasteiger partial charge < -0.3 is 14.6 Å². The van der Waals surface area contributed by atoms with Gasteiger partial charge in [-0.2, -0.15) is 0 Å². The lowest BCUT2D eigenvalue weighted by atomic mass is 9.73. The van der Waals surface area contributed by atoms with Crippen molar-refractivity contribution in [3.8, 4) is 11.5 Å².